The van der Waals surface area contributed by atoms with Crippen molar-refractivity contribution in [3.8, 4) is 6.07 Å². The number of benzene rings is 2. The summed E-state index contributed by atoms with van der Waals surface area (Å²) in [6.07, 6.45) is 1.04. The lowest BCUT2D eigenvalue weighted by Gasteiger charge is -2.37. The van der Waals surface area contributed by atoms with Gasteiger partial charge in [0.15, 0.2) is 5.78 Å². The highest BCUT2D eigenvalue weighted by atomic mass is 35.5. The SMILES string of the molecule is Cc1cc(C)c(C2C(C#N)=C(N)OC3=C2C(=O)CC(C)(C)C3)cc1CSc1ccc(Cl)cc1. The first-order valence-electron chi connectivity index (χ1n) is 10.9. The van der Waals surface area contributed by atoms with Crippen LogP contribution in [0.1, 0.15) is 54.9 Å². The molecule has 0 fully saturated rings. The summed E-state index contributed by atoms with van der Waals surface area (Å²) >= 11 is 7.73. The number of hydrogen-bond donors (Lipinski definition) is 1. The predicted octanol–water partition coefficient (Wildman–Crippen LogP) is 6.70. The maximum absolute atomic E-state index is 13.3. The first kappa shape index (κ1) is 23.5. The Morgan fingerprint density at radius 2 is 1.88 bits per heavy atom. The standard InChI is InChI=1S/C27H27ClN2O2S/c1-15-9-16(2)20(10-17(15)14-33-19-7-5-18(28)6-8-19)24-21(13-29)26(30)32-23-12-27(3,4)11-22(31)25(23)24/h5-10,24H,11-12,14,30H2,1-4H3. The minimum absolute atomic E-state index is 0.0311. The van der Waals surface area contributed by atoms with E-state index in [4.69, 9.17) is 22.1 Å². The van der Waals surface area contributed by atoms with Gasteiger partial charge in [-0.05, 0) is 65.8 Å². The summed E-state index contributed by atoms with van der Waals surface area (Å²) in [6, 6.07) is 14.3. The smallest absolute Gasteiger partial charge is 0.205 e. The van der Waals surface area contributed by atoms with Crippen molar-refractivity contribution in [1.82, 2.24) is 0 Å². The molecule has 2 aliphatic rings. The molecule has 0 bridgehead atoms. The first-order chi connectivity index (χ1) is 15.6. The van der Waals surface area contributed by atoms with Gasteiger partial charge in [-0.15, -0.1) is 11.8 Å². The van der Waals surface area contributed by atoms with Gasteiger partial charge in [0.2, 0.25) is 5.88 Å². The third-order valence-corrected chi connectivity index (χ3v) is 7.63. The first-order valence-corrected chi connectivity index (χ1v) is 12.3. The lowest BCUT2D eigenvalue weighted by molar-refractivity contribution is -0.119. The van der Waals surface area contributed by atoms with Crippen LogP contribution in [0, 0.1) is 30.6 Å². The van der Waals surface area contributed by atoms with E-state index in [0.717, 1.165) is 27.3 Å². The fourth-order valence-corrected chi connectivity index (χ4v) is 5.76. The molecule has 0 spiro atoms. The third-order valence-electron chi connectivity index (χ3n) is 6.32. The fraction of sp³-hybridized carbons (Fsp3) is 0.333. The van der Waals surface area contributed by atoms with Gasteiger partial charge in [-0.2, -0.15) is 5.26 Å². The second kappa shape index (κ2) is 8.93. The van der Waals surface area contributed by atoms with Crippen molar-refractivity contribution >= 4 is 29.1 Å². The Hall–Kier alpha value is -2.68. The molecular weight excluding hydrogens is 452 g/mol. The van der Waals surface area contributed by atoms with Crippen molar-refractivity contribution in [2.75, 3.05) is 0 Å². The van der Waals surface area contributed by atoms with E-state index < -0.39 is 5.92 Å². The number of thioether (sulfide) groups is 1. The predicted molar refractivity (Wildman–Crippen MR) is 133 cm³/mol. The molecule has 1 unspecified atom stereocenters. The summed E-state index contributed by atoms with van der Waals surface area (Å²) in [4.78, 5) is 14.4. The molecule has 2 aromatic carbocycles. The van der Waals surface area contributed by atoms with Gasteiger partial charge in [-0.25, -0.2) is 0 Å². The number of rotatable bonds is 4. The number of nitrogens with zero attached hydrogens (tertiary/aromatic N) is 1. The molecule has 2 aromatic rings. The number of nitrogens with two attached hydrogens (primary N) is 1. The average molecular weight is 479 g/mol. The molecule has 0 saturated carbocycles. The zero-order chi connectivity index (χ0) is 23.9. The van der Waals surface area contributed by atoms with Crippen LogP contribution in [0.15, 0.2) is 64.1 Å². The molecule has 170 valence electrons. The van der Waals surface area contributed by atoms with Crippen LogP contribution in [0.5, 0.6) is 0 Å². The van der Waals surface area contributed by atoms with Gasteiger partial charge < -0.3 is 10.5 Å². The molecule has 4 rings (SSSR count). The second-order valence-electron chi connectivity index (χ2n) is 9.58. The number of allylic oxidation sites excluding steroid dienone is 3. The molecule has 4 nitrogen and oxygen atoms in total. The van der Waals surface area contributed by atoms with E-state index >= 15 is 0 Å². The van der Waals surface area contributed by atoms with E-state index in [9.17, 15) is 10.1 Å². The summed E-state index contributed by atoms with van der Waals surface area (Å²) < 4.78 is 5.84. The lowest BCUT2D eigenvalue weighted by atomic mass is 9.69. The van der Waals surface area contributed by atoms with E-state index in [1.165, 1.54) is 5.56 Å². The van der Waals surface area contributed by atoms with E-state index in [1.54, 1.807) is 11.8 Å². The van der Waals surface area contributed by atoms with Gasteiger partial charge in [0.1, 0.15) is 17.4 Å². The molecule has 0 saturated heterocycles. The molecule has 6 heteroatoms. The molecule has 1 atom stereocenters. The van der Waals surface area contributed by atoms with E-state index in [-0.39, 0.29) is 17.1 Å². The number of nitriles is 1. The largest absolute Gasteiger partial charge is 0.444 e. The van der Waals surface area contributed by atoms with Crippen LogP contribution in [0.3, 0.4) is 0 Å². The van der Waals surface area contributed by atoms with Crippen molar-refractivity contribution in [3.63, 3.8) is 0 Å². The monoisotopic (exact) mass is 478 g/mol. The zero-order valence-corrected chi connectivity index (χ0v) is 20.9. The van der Waals surface area contributed by atoms with E-state index in [2.05, 4.69) is 39.0 Å². The Morgan fingerprint density at radius 1 is 1.18 bits per heavy atom. The minimum atomic E-state index is -0.498. The molecule has 0 radical (unpaired) electrons. The number of carbonyl (C=O) groups excluding carboxylic acids is 1. The number of aryl methyl sites for hydroxylation is 2. The lowest BCUT2D eigenvalue weighted by Crippen LogP contribution is -2.33. The van der Waals surface area contributed by atoms with E-state index in [0.29, 0.717) is 34.8 Å². The molecule has 1 heterocycles. The molecule has 33 heavy (non-hydrogen) atoms. The average Bonchev–Trinajstić information content (AvgIpc) is 2.72. The van der Waals surface area contributed by atoms with Crippen LogP contribution < -0.4 is 5.73 Å². The van der Waals surface area contributed by atoms with Crippen LogP contribution in [0.2, 0.25) is 5.02 Å². The topological polar surface area (TPSA) is 76.1 Å². The molecule has 0 amide bonds. The third kappa shape index (κ3) is 4.69. The van der Waals surface area contributed by atoms with Gasteiger partial charge in [-0.3, -0.25) is 4.79 Å². The molecule has 1 aliphatic heterocycles. The van der Waals surface area contributed by atoms with Crippen molar-refractivity contribution in [3.05, 3.63) is 86.5 Å². The number of halogens is 1. The zero-order valence-electron chi connectivity index (χ0n) is 19.3. The number of carbonyl (C=O) groups is 1. The van der Waals surface area contributed by atoms with Crippen molar-refractivity contribution in [1.29, 1.82) is 5.26 Å². The van der Waals surface area contributed by atoms with Gasteiger partial charge in [0.25, 0.3) is 0 Å². The molecule has 1 aliphatic carbocycles. The Balaban J connectivity index is 1.77. The van der Waals surface area contributed by atoms with Crippen LogP contribution in [-0.4, -0.2) is 5.78 Å². The summed E-state index contributed by atoms with van der Waals surface area (Å²) in [5.41, 5.74) is 11.2. The Kier molecular flexibility index (Phi) is 6.35. The highest BCUT2D eigenvalue weighted by molar-refractivity contribution is 7.98. The van der Waals surface area contributed by atoms with E-state index in [1.807, 2.05) is 31.2 Å². The number of ketones is 1. The van der Waals surface area contributed by atoms with Crippen LogP contribution >= 0.6 is 23.4 Å². The molecular formula is C27H27ClN2O2S. The summed E-state index contributed by atoms with van der Waals surface area (Å²) in [5, 5.41) is 10.7. The van der Waals surface area contributed by atoms with Crippen LogP contribution in [0.4, 0.5) is 0 Å². The minimum Gasteiger partial charge on any atom is -0.444 e. The van der Waals surface area contributed by atoms with Crippen LogP contribution in [-0.2, 0) is 15.3 Å². The Morgan fingerprint density at radius 3 is 2.55 bits per heavy atom. The van der Waals surface area contributed by atoms with Crippen molar-refractivity contribution < 1.29 is 9.53 Å². The fourth-order valence-electron chi connectivity index (χ4n) is 4.67. The van der Waals surface area contributed by atoms with Crippen molar-refractivity contribution in [2.45, 2.75) is 57.1 Å². The number of ether oxygens (including phenoxy) is 1. The Labute approximate surface area is 204 Å². The second-order valence-corrected chi connectivity index (χ2v) is 11.1. The molecule has 2 N–H and O–H groups in total. The van der Waals surface area contributed by atoms with Crippen LogP contribution in [0.25, 0.3) is 0 Å². The summed E-state index contributed by atoms with van der Waals surface area (Å²) in [5.74, 6) is 1.00. The summed E-state index contributed by atoms with van der Waals surface area (Å²) in [7, 11) is 0. The highest BCUT2D eigenvalue weighted by Gasteiger charge is 2.43. The maximum atomic E-state index is 13.3. The Bertz CT molecular complexity index is 1240. The normalized spacial score (nSPS) is 19.8. The maximum Gasteiger partial charge on any atom is 0.205 e. The van der Waals surface area contributed by atoms with Gasteiger partial charge >= 0.3 is 0 Å². The number of Topliss-reactive ketones (excluding diaryl/α,β-unsaturated/α-hetero) is 1. The highest BCUT2D eigenvalue weighted by Crippen LogP contribution is 2.48. The number of hydrogen-bond acceptors (Lipinski definition) is 5. The van der Waals surface area contributed by atoms with Gasteiger partial charge in [-0.1, -0.05) is 37.6 Å². The van der Waals surface area contributed by atoms with Gasteiger partial charge in [0, 0.05) is 34.1 Å². The summed E-state index contributed by atoms with van der Waals surface area (Å²) in [6.45, 7) is 8.22. The van der Waals surface area contributed by atoms with Crippen molar-refractivity contribution in [2.24, 2.45) is 11.1 Å². The quantitative estimate of drug-likeness (QED) is 0.494. The van der Waals surface area contributed by atoms with Gasteiger partial charge in [0.05, 0.1) is 5.92 Å². The molecule has 0 aromatic heterocycles.